The first-order valence-corrected chi connectivity index (χ1v) is 11.0. The third-order valence-electron chi connectivity index (χ3n) is 5.19. The summed E-state index contributed by atoms with van der Waals surface area (Å²) in [6.45, 7) is 1.22. The Morgan fingerprint density at radius 1 is 1.06 bits per heavy atom. The molecule has 1 fully saturated rings. The molecule has 0 bridgehead atoms. The van der Waals surface area contributed by atoms with Gasteiger partial charge in [-0.25, -0.2) is 0 Å². The van der Waals surface area contributed by atoms with Crippen molar-refractivity contribution in [2.75, 3.05) is 18.4 Å². The van der Waals surface area contributed by atoms with Gasteiger partial charge < -0.3 is 19.4 Å². The highest BCUT2D eigenvalue weighted by Gasteiger charge is 2.30. The molecule has 6 nitrogen and oxygen atoms in total. The Labute approximate surface area is 189 Å². The maximum absolute atomic E-state index is 12.9. The zero-order valence-corrected chi connectivity index (χ0v) is 18.5. The number of hydrogen-bond acceptors (Lipinski definition) is 4. The van der Waals surface area contributed by atoms with Crippen molar-refractivity contribution in [2.24, 2.45) is 5.92 Å². The maximum atomic E-state index is 12.9. The monoisotopic (exact) mass is 482 g/mol. The number of hydrogen-bond donors (Lipinski definition) is 1. The number of ether oxygens (including phenoxy) is 1. The van der Waals surface area contributed by atoms with Gasteiger partial charge in [0.15, 0.2) is 5.76 Å². The Hall–Kier alpha value is -3.06. The summed E-state index contributed by atoms with van der Waals surface area (Å²) < 4.78 is 12.4. The van der Waals surface area contributed by atoms with E-state index < -0.39 is 0 Å². The summed E-state index contributed by atoms with van der Waals surface area (Å²) in [5.41, 5.74) is 0.761. The molecule has 4 rings (SSSR count). The van der Waals surface area contributed by atoms with E-state index in [0.29, 0.717) is 18.8 Å². The molecule has 0 aliphatic carbocycles. The SMILES string of the molecule is O=C(Nc1ccccc1)C1CCCN(C(=O)c2ccc(COc3ccc(Br)cc3)o2)C1. The first-order chi connectivity index (χ1) is 15.1. The van der Waals surface area contributed by atoms with E-state index in [1.807, 2.05) is 54.6 Å². The van der Waals surface area contributed by atoms with Crippen molar-refractivity contribution in [3.8, 4) is 5.75 Å². The van der Waals surface area contributed by atoms with Crippen LogP contribution >= 0.6 is 15.9 Å². The number of halogens is 1. The van der Waals surface area contributed by atoms with E-state index in [1.54, 1.807) is 17.0 Å². The molecule has 1 aliphatic heterocycles. The lowest BCUT2D eigenvalue weighted by atomic mass is 9.96. The summed E-state index contributed by atoms with van der Waals surface area (Å²) in [4.78, 5) is 27.2. The molecule has 160 valence electrons. The lowest BCUT2D eigenvalue weighted by molar-refractivity contribution is -0.121. The van der Waals surface area contributed by atoms with Crippen LogP contribution in [-0.2, 0) is 11.4 Å². The summed E-state index contributed by atoms with van der Waals surface area (Å²) in [7, 11) is 0. The summed E-state index contributed by atoms with van der Waals surface area (Å²) in [6, 6.07) is 20.3. The molecule has 2 heterocycles. The average Bonchev–Trinajstić information content (AvgIpc) is 3.28. The van der Waals surface area contributed by atoms with E-state index >= 15 is 0 Å². The number of carbonyl (C=O) groups excluding carboxylic acids is 2. The van der Waals surface area contributed by atoms with Crippen molar-refractivity contribution >= 4 is 33.4 Å². The Morgan fingerprint density at radius 3 is 2.61 bits per heavy atom. The number of rotatable bonds is 6. The van der Waals surface area contributed by atoms with Crippen LogP contribution in [0.2, 0.25) is 0 Å². The molecule has 2 aromatic carbocycles. The molecule has 1 aliphatic rings. The normalized spacial score (nSPS) is 16.0. The van der Waals surface area contributed by atoms with Crippen LogP contribution in [0.15, 0.2) is 75.6 Å². The molecule has 1 atom stereocenters. The number of benzene rings is 2. The lowest BCUT2D eigenvalue weighted by Gasteiger charge is -2.31. The maximum Gasteiger partial charge on any atom is 0.289 e. The quantitative estimate of drug-likeness (QED) is 0.529. The first-order valence-electron chi connectivity index (χ1n) is 10.2. The van der Waals surface area contributed by atoms with Crippen LogP contribution in [-0.4, -0.2) is 29.8 Å². The number of anilines is 1. The van der Waals surface area contributed by atoms with E-state index in [1.165, 1.54) is 0 Å². The van der Waals surface area contributed by atoms with Crippen molar-refractivity contribution < 1.29 is 18.7 Å². The molecule has 1 saturated heterocycles. The van der Waals surface area contributed by atoms with Crippen LogP contribution in [0.1, 0.15) is 29.2 Å². The van der Waals surface area contributed by atoms with Gasteiger partial charge in [0.25, 0.3) is 5.91 Å². The Morgan fingerprint density at radius 2 is 1.84 bits per heavy atom. The number of piperidine rings is 1. The van der Waals surface area contributed by atoms with Gasteiger partial charge >= 0.3 is 0 Å². The van der Waals surface area contributed by atoms with Gasteiger partial charge in [-0.05, 0) is 61.4 Å². The molecule has 1 aromatic heterocycles. The Kier molecular flexibility index (Phi) is 6.72. The number of nitrogens with zero attached hydrogens (tertiary/aromatic N) is 1. The molecule has 0 radical (unpaired) electrons. The molecule has 0 spiro atoms. The molecule has 0 saturated carbocycles. The number of amides is 2. The standard InChI is InChI=1S/C24H23BrN2O4/c25-18-8-10-20(11-9-18)30-16-21-12-13-22(31-21)24(29)27-14-4-5-17(15-27)23(28)26-19-6-2-1-3-7-19/h1-3,6-13,17H,4-5,14-16H2,(H,26,28). The van der Waals surface area contributed by atoms with Gasteiger partial charge in [0.1, 0.15) is 18.1 Å². The van der Waals surface area contributed by atoms with Gasteiger partial charge in [-0.1, -0.05) is 34.1 Å². The molecule has 2 amide bonds. The average molecular weight is 483 g/mol. The number of carbonyl (C=O) groups is 2. The van der Waals surface area contributed by atoms with Crippen molar-refractivity contribution in [2.45, 2.75) is 19.4 Å². The summed E-state index contributed by atoms with van der Waals surface area (Å²) in [5.74, 6) is 1.04. The predicted molar refractivity (Wildman–Crippen MR) is 121 cm³/mol. The van der Waals surface area contributed by atoms with Gasteiger partial charge in [-0.3, -0.25) is 9.59 Å². The van der Waals surface area contributed by atoms with Crippen LogP contribution in [0.25, 0.3) is 0 Å². The lowest BCUT2D eigenvalue weighted by Crippen LogP contribution is -2.43. The number of furan rings is 1. The second-order valence-corrected chi connectivity index (χ2v) is 8.37. The van der Waals surface area contributed by atoms with Crippen LogP contribution in [0, 0.1) is 5.92 Å². The zero-order chi connectivity index (χ0) is 21.6. The Balaban J connectivity index is 1.33. The van der Waals surface area contributed by atoms with Crippen molar-refractivity contribution in [3.05, 3.63) is 82.7 Å². The minimum absolute atomic E-state index is 0.0632. The largest absolute Gasteiger partial charge is 0.486 e. The second-order valence-electron chi connectivity index (χ2n) is 7.45. The number of likely N-dealkylation sites (tertiary alicyclic amines) is 1. The van der Waals surface area contributed by atoms with Gasteiger partial charge in [0.2, 0.25) is 5.91 Å². The van der Waals surface area contributed by atoms with Crippen LogP contribution in [0.5, 0.6) is 5.75 Å². The molecule has 3 aromatic rings. The van der Waals surface area contributed by atoms with E-state index in [0.717, 1.165) is 28.8 Å². The summed E-state index contributed by atoms with van der Waals surface area (Å²) in [5, 5.41) is 2.93. The molecular formula is C24H23BrN2O4. The van der Waals surface area contributed by atoms with Crippen LogP contribution in [0.4, 0.5) is 5.69 Å². The highest BCUT2D eigenvalue weighted by molar-refractivity contribution is 9.10. The summed E-state index contributed by atoms with van der Waals surface area (Å²) in [6.07, 6.45) is 1.53. The van der Waals surface area contributed by atoms with Crippen molar-refractivity contribution in [1.29, 1.82) is 0 Å². The van der Waals surface area contributed by atoms with E-state index in [2.05, 4.69) is 21.2 Å². The van der Waals surface area contributed by atoms with E-state index in [9.17, 15) is 9.59 Å². The smallest absolute Gasteiger partial charge is 0.289 e. The molecular weight excluding hydrogens is 460 g/mol. The zero-order valence-electron chi connectivity index (χ0n) is 16.9. The van der Waals surface area contributed by atoms with Gasteiger partial charge in [0.05, 0.1) is 5.92 Å². The van der Waals surface area contributed by atoms with Crippen molar-refractivity contribution in [3.63, 3.8) is 0 Å². The van der Waals surface area contributed by atoms with E-state index in [-0.39, 0.29) is 30.1 Å². The fourth-order valence-corrected chi connectivity index (χ4v) is 3.82. The van der Waals surface area contributed by atoms with Gasteiger partial charge in [-0.15, -0.1) is 0 Å². The molecule has 1 unspecified atom stereocenters. The van der Waals surface area contributed by atoms with Crippen LogP contribution in [0.3, 0.4) is 0 Å². The van der Waals surface area contributed by atoms with Gasteiger partial charge in [0, 0.05) is 23.2 Å². The Bertz CT molecular complexity index is 1030. The second kappa shape index (κ2) is 9.83. The predicted octanol–water partition coefficient (Wildman–Crippen LogP) is 5.11. The van der Waals surface area contributed by atoms with Crippen molar-refractivity contribution in [1.82, 2.24) is 4.90 Å². The fourth-order valence-electron chi connectivity index (χ4n) is 3.55. The van der Waals surface area contributed by atoms with E-state index in [4.69, 9.17) is 9.15 Å². The highest BCUT2D eigenvalue weighted by Crippen LogP contribution is 2.22. The molecule has 31 heavy (non-hydrogen) atoms. The number of nitrogens with one attached hydrogen (secondary N) is 1. The van der Waals surface area contributed by atoms with Gasteiger partial charge in [-0.2, -0.15) is 0 Å². The third-order valence-corrected chi connectivity index (χ3v) is 5.72. The minimum atomic E-state index is -0.243. The minimum Gasteiger partial charge on any atom is -0.486 e. The molecule has 7 heteroatoms. The topological polar surface area (TPSA) is 71.8 Å². The highest BCUT2D eigenvalue weighted by atomic mass is 79.9. The summed E-state index contributed by atoms with van der Waals surface area (Å²) >= 11 is 3.39. The number of para-hydroxylation sites is 1. The first kappa shape index (κ1) is 21.2. The fraction of sp³-hybridized carbons (Fsp3) is 0.250. The third kappa shape index (κ3) is 5.55. The molecule has 1 N–H and O–H groups in total. The van der Waals surface area contributed by atoms with Crippen LogP contribution < -0.4 is 10.1 Å².